The Balaban J connectivity index is 1.94. The summed E-state index contributed by atoms with van der Waals surface area (Å²) >= 11 is 0. The number of ether oxygens (including phenoxy) is 2. The third-order valence-corrected chi connectivity index (χ3v) is 3.89. The number of likely N-dealkylation sites (tertiary alicyclic amines) is 1. The maximum atomic E-state index is 12.2. The van der Waals surface area contributed by atoms with Crippen LogP contribution in [0.15, 0.2) is 18.2 Å². The van der Waals surface area contributed by atoms with Crippen LogP contribution in [-0.2, 0) is 14.3 Å². The van der Waals surface area contributed by atoms with Crippen molar-refractivity contribution in [3.8, 4) is 5.75 Å². The number of carbonyl (C=O) groups is 2. The minimum Gasteiger partial charge on any atom is -0.484 e. The molecule has 1 saturated heterocycles. The van der Waals surface area contributed by atoms with Gasteiger partial charge in [0.2, 0.25) is 0 Å². The van der Waals surface area contributed by atoms with Crippen LogP contribution in [0.2, 0.25) is 0 Å². The number of hydrogen-bond donors (Lipinski definition) is 0. The Kier molecular flexibility index (Phi) is 4.83. The van der Waals surface area contributed by atoms with E-state index in [9.17, 15) is 9.59 Å². The van der Waals surface area contributed by atoms with Crippen molar-refractivity contribution in [3.63, 3.8) is 0 Å². The van der Waals surface area contributed by atoms with Crippen LogP contribution in [0, 0.1) is 13.8 Å². The fourth-order valence-corrected chi connectivity index (χ4v) is 2.48. The Labute approximate surface area is 124 Å². The second-order valence-corrected chi connectivity index (χ2v) is 5.30. The molecule has 0 bridgehead atoms. The van der Waals surface area contributed by atoms with Crippen molar-refractivity contribution in [1.82, 2.24) is 4.90 Å². The molecule has 1 aliphatic rings. The molecule has 5 heteroatoms. The molecule has 1 aromatic carbocycles. The van der Waals surface area contributed by atoms with Gasteiger partial charge in [0.25, 0.3) is 5.91 Å². The summed E-state index contributed by atoms with van der Waals surface area (Å²) in [5.74, 6) is 0.133. The lowest BCUT2D eigenvalue weighted by molar-refractivity contribution is -0.151. The first-order chi connectivity index (χ1) is 10.0. The van der Waals surface area contributed by atoms with E-state index >= 15 is 0 Å². The number of carbonyl (C=O) groups excluding carboxylic acids is 2. The maximum absolute atomic E-state index is 12.2. The van der Waals surface area contributed by atoms with Crippen LogP contribution in [0.25, 0.3) is 0 Å². The van der Waals surface area contributed by atoms with Crippen molar-refractivity contribution < 1.29 is 19.1 Å². The summed E-state index contributed by atoms with van der Waals surface area (Å²) in [5, 5.41) is 0. The van der Waals surface area contributed by atoms with Crippen molar-refractivity contribution >= 4 is 11.9 Å². The van der Waals surface area contributed by atoms with Gasteiger partial charge in [0, 0.05) is 6.54 Å². The van der Waals surface area contributed by atoms with Crippen molar-refractivity contribution in [2.24, 2.45) is 0 Å². The SMILES string of the molecule is COC(=O)C1CCCN1C(=O)COc1ccc(C)c(C)c1. The highest BCUT2D eigenvalue weighted by molar-refractivity contribution is 5.85. The van der Waals surface area contributed by atoms with Crippen LogP contribution < -0.4 is 4.74 Å². The predicted octanol–water partition coefficient (Wildman–Crippen LogP) is 1.85. The van der Waals surface area contributed by atoms with Crippen LogP contribution in [0.1, 0.15) is 24.0 Å². The third kappa shape index (κ3) is 3.54. The van der Waals surface area contributed by atoms with Crippen molar-refractivity contribution in [3.05, 3.63) is 29.3 Å². The number of benzene rings is 1. The molecule has 114 valence electrons. The summed E-state index contributed by atoms with van der Waals surface area (Å²) in [5.41, 5.74) is 2.30. The van der Waals surface area contributed by atoms with Crippen molar-refractivity contribution in [1.29, 1.82) is 0 Å². The van der Waals surface area contributed by atoms with E-state index < -0.39 is 6.04 Å². The van der Waals surface area contributed by atoms with Crippen LogP contribution >= 0.6 is 0 Å². The monoisotopic (exact) mass is 291 g/mol. The van der Waals surface area contributed by atoms with Crippen molar-refractivity contribution in [2.75, 3.05) is 20.3 Å². The molecule has 0 N–H and O–H groups in total. The molecule has 1 atom stereocenters. The van der Waals surface area contributed by atoms with Crippen molar-refractivity contribution in [2.45, 2.75) is 32.7 Å². The summed E-state index contributed by atoms with van der Waals surface area (Å²) < 4.78 is 10.3. The minimum absolute atomic E-state index is 0.0595. The quantitative estimate of drug-likeness (QED) is 0.794. The molecule has 1 unspecified atom stereocenters. The van der Waals surface area contributed by atoms with Gasteiger partial charge in [-0.1, -0.05) is 6.07 Å². The first-order valence-electron chi connectivity index (χ1n) is 7.10. The highest BCUT2D eigenvalue weighted by atomic mass is 16.5. The molecule has 21 heavy (non-hydrogen) atoms. The number of aryl methyl sites for hydroxylation is 2. The second kappa shape index (κ2) is 6.61. The van der Waals surface area contributed by atoms with E-state index in [0.29, 0.717) is 18.7 Å². The van der Waals surface area contributed by atoms with E-state index in [1.165, 1.54) is 12.7 Å². The Morgan fingerprint density at radius 1 is 1.29 bits per heavy atom. The molecule has 1 fully saturated rings. The molecule has 1 aromatic rings. The summed E-state index contributed by atoms with van der Waals surface area (Å²) in [6.45, 7) is 4.54. The van der Waals surface area contributed by atoms with E-state index in [0.717, 1.165) is 12.0 Å². The largest absolute Gasteiger partial charge is 0.484 e. The molecule has 5 nitrogen and oxygen atoms in total. The zero-order valence-corrected chi connectivity index (χ0v) is 12.7. The number of amides is 1. The predicted molar refractivity (Wildman–Crippen MR) is 78.2 cm³/mol. The Morgan fingerprint density at radius 3 is 2.71 bits per heavy atom. The molecular weight excluding hydrogens is 270 g/mol. The topological polar surface area (TPSA) is 55.8 Å². The van der Waals surface area contributed by atoms with Gasteiger partial charge < -0.3 is 14.4 Å². The molecule has 0 radical (unpaired) electrons. The molecule has 0 spiro atoms. The first kappa shape index (κ1) is 15.4. The van der Waals surface area contributed by atoms with E-state index in [-0.39, 0.29) is 18.5 Å². The lowest BCUT2D eigenvalue weighted by Crippen LogP contribution is -2.43. The van der Waals surface area contributed by atoms with Crippen LogP contribution in [0.5, 0.6) is 5.75 Å². The molecule has 0 aliphatic carbocycles. The zero-order valence-electron chi connectivity index (χ0n) is 12.7. The van der Waals surface area contributed by atoms with Gasteiger partial charge in [0.1, 0.15) is 11.8 Å². The normalized spacial score (nSPS) is 17.7. The van der Waals surface area contributed by atoms with E-state index in [4.69, 9.17) is 9.47 Å². The minimum atomic E-state index is -0.467. The Morgan fingerprint density at radius 2 is 2.05 bits per heavy atom. The van der Waals surface area contributed by atoms with E-state index in [1.807, 2.05) is 32.0 Å². The van der Waals surface area contributed by atoms with Gasteiger partial charge >= 0.3 is 5.97 Å². The van der Waals surface area contributed by atoms with Gasteiger partial charge in [-0.05, 0) is 49.9 Å². The smallest absolute Gasteiger partial charge is 0.328 e. The maximum Gasteiger partial charge on any atom is 0.328 e. The third-order valence-electron chi connectivity index (χ3n) is 3.89. The summed E-state index contributed by atoms with van der Waals surface area (Å²) in [6, 6.07) is 5.25. The number of methoxy groups -OCH3 is 1. The fourth-order valence-electron chi connectivity index (χ4n) is 2.48. The number of esters is 1. The van der Waals surface area contributed by atoms with E-state index in [2.05, 4.69) is 0 Å². The number of hydrogen-bond acceptors (Lipinski definition) is 4. The summed E-state index contributed by atoms with van der Waals surface area (Å²) in [7, 11) is 1.34. The standard InChI is InChI=1S/C16H21NO4/c1-11-6-7-13(9-12(11)2)21-10-15(18)17-8-4-5-14(17)16(19)20-3/h6-7,9,14H,4-5,8,10H2,1-3H3. The summed E-state index contributed by atoms with van der Waals surface area (Å²) in [6.07, 6.45) is 1.47. The molecular formula is C16H21NO4. The highest BCUT2D eigenvalue weighted by Gasteiger charge is 2.34. The molecule has 1 heterocycles. The molecule has 2 rings (SSSR count). The molecule has 1 amide bonds. The lowest BCUT2D eigenvalue weighted by Gasteiger charge is -2.22. The van der Waals surface area contributed by atoms with Gasteiger partial charge in [0.15, 0.2) is 6.61 Å². The van der Waals surface area contributed by atoms with Gasteiger partial charge in [-0.25, -0.2) is 4.79 Å². The van der Waals surface area contributed by atoms with Crippen LogP contribution in [0.4, 0.5) is 0 Å². The van der Waals surface area contributed by atoms with E-state index in [1.54, 1.807) is 4.90 Å². The molecule has 0 aromatic heterocycles. The van der Waals surface area contributed by atoms with Crippen LogP contribution in [-0.4, -0.2) is 43.1 Å². The average Bonchev–Trinajstić information content (AvgIpc) is 2.97. The van der Waals surface area contributed by atoms with Gasteiger partial charge in [-0.15, -0.1) is 0 Å². The van der Waals surface area contributed by atoms with Gasteiger partial charge in [0.05, 0.1) is 7.11 Å². The van der Waals surface area contributed by atoms with Crippen LogP contribution in [0.3, 0.4) is 0 Å². The first-order valence-corrected chi connectivity index (χ1v) is 7.10. The highest BCUT2D eigenvalue weighted by Crippen LogP contribution is 2.20. The zero-order chi connectivity index (χ0) is 15.4. The Bertz CT molecular complexity index is 541. The number of rotatable bonds is 4. The lowest BCUT2D eigenvalue weighted by atomic mass is 10.1. The molecule has 1 aliphatic heterocycles. The summed E-state index contributed by atoms with van der Waals surface area (Å²) in [4.78, 5) is 25.4. The average molecular weight is 291 g/mol. The fraction of sp³-hybridized carbons (Fsp3) is 0.500. The van der Waals surface area contributed by atoms with Gasteiger partial charge in [-0.2, -0.15) is 0 Å². The second-order valence-electron chi connectivity index (χ2n) is 5.30. The number of nitrogens with zero attached hydrogens (tertiary/aromatic N) is 1. The van der Waals surface area contributed by atoms with Gasteiger partial charge in [-0.3, -0.25) is 4.79 Å². The Hall–Kier alpha value is -2.04. The molecule has 0 saturated carbocycles.